The van der Waals surface area contributed by atoms with E-state index in [2.05, 4.69) is 42.3 Å². The van der Waals surface area contributed by atoms with E-state index in [1.807, 2.05) is 12.3 Å². The first-order valence-corrected chi connectivity index (χ1v) is 5.14. The fraction of sp³-hybridized carbons (Fsp3) is 0.308. The van der Waals surface area contributed by atoms with Crippen molar-refractivity contribution in [1.29, 1.82) is 0 Å². The third-order valence-electron chi connectivity index (χ3n) is 2.52. The lowest BCUT2D eigenvalue weighted by atomic mass is 10.0. The predicted octanol–water partition coefficient (Wildman–Crippen LogP) is 3.53. The Kier molecular flexibility index (Phi) is 2.78. The summed E-state index contributed by atoms with van der Waals surface area (Å²) in [5.74, 6) is 0.722. The molecule has 72 valence electrons. The normalized spacial score (nSPS) is 21.5. The van der Waals surface area contributed by atoms with Gasteiger partial charge in [0.1, 0.15) is 0 Å². The maximum atomic E-state index is 4.48. The molecule has 1 nitrogen and oxygen atoms in total. The summed E-state index contributed by atoms with van der Waals surface area (Å²) in [6.07, 6.45) is 6.50. The molecular formula is C13H15N. The van der Waals surface area contributed by atoms with E-state index >= 15 is 0 Å². The molecule has 1 aromatic carbocycles. The highest BCUT2D eigenvalue weighted by molar-refractivity contribution is 5.74. The quantitative estimate of drug-likeness (QED) is 0.634. The van der Waals surface area contributed by atoms with Crippen molar-refractivity contribution in [3.63, 3.8) is 0 Å². The molecule has 0 saturated carbocycles. The molecule has 1 atom stereocenters. The van der Waals surface area contributed by atoms with Crippen LogP contribution in [0.25, 0.3) is 5.70 Å². The molecule has 14 heavy (non-hydrogen) atoms. The highest BCUT2D eigenvalue weighted by Crippen LogP contribution is 2.21. The van der Waals surface area contributed by atoms with Gasteiger partial charge in [0, 0.05) is 6.21 Å². The summed E-state index contributed by atoms with van der Waals surface area (Å²) >= 11 is 0. The smallest absolute Gasteiger partial charge is 0.0658 e. The molecule has 0 spiro atoms. The van der Waals surface area contributed by atoms with Gasteiger partial charge in [-0.25, -0.2) is 0 Å². The number of nitrogens with zero attached hydrogens (tertiary/aromatic N) is 1. The van der Waals surface area contributed by atoms with Gasteiger partial charge in [0.25, 0.3) is 0 Å². The van der Waals surface area contributed by atoms with E-state index in [1.165, 1.54) is 5.56 Å². The topological polar surface area (TPSA) is 12.4 Å². The third-order valence-corrected chi connectivity index (χ3v) is 2.52. The summed E-state index contributed by atoms with van der Waals surface area (Å²) in [7, 11) is 0. The van der Waals surface area contributed by atoms with Crippen LogP contribution in [0, 0.1) is 5.92 Å². The van der Waals surface area contributed by atoms with Crippen molar-refractivity contribution in [2.45, 2.75) is 19.8 Å². The number of benzene rings is 1. The van der Waals surface area contributed by atoms with E-state index in [0.717, 1.165) is 24.5 Å². The molecule has 1 heteroatoms. The van der Waals surface area contributed by atoms with E-state index in [4.69, 9.17) is 0 Å². The molecular weight excluding hydrogens is 170 g/mol. The van der Waals surface area contributed by atoms with Crippen molar-refractivity contribution >= 4 is 11.9 Å². The monoisotopic (exact) mass is 185 g/mol. The summed E-state index contributed by atoms with van der Waals surface area (Å²) in [4.78, 5) is 4.48. The average Bonchev–Trinajstić information content (AvgIpc) is 2.44. The largest absolute Gasteiger partial charge is 0.261 e. The second kappa shape index (κ2) is 4.23. The molecule has 0 unspecified atom stereocenters. The van der Waals surface area contributed by atoms with Crippen LogP contribution in [0.15, 0.2) is 41.4 Å². The van der Waals surface area contributed by atoms with E-state index in [1.54, 1.807) is 0 Å². The summed E-state index contributed by atoms with van der Waals surface area (Å²) < 4.78 is 0. The number of allylic oxidation sites excluding steroid dienone is 1. The second-order valence-electron chi connectivity index (χ2n) is 3.84. The Hall–Kier alpha value is -1.37. The fourth-order valence-electron chi connectivity index (χ4n) is 1.59. The number of hydrogen-bond donors (Lipinski definition) is 0. The first-order valence-electron chi connectivity index (χ1n) is 5.14. The summed E-state index contributed by atoms with van der Waals surface area (Å²) in [6.45, 7) is 2.26. The average molecular weight is 185 g/mol. The highest BCUT2D eigenvalue weighted by atomic mass is 14.7. The Morgan fingerprint density at radius 3 is 2.71 bits per heavy atom. The van der Waals surface area contributed by atoms with Gasteiger partial charge in [-0.1, -0.05) is 43.3 Å². The van der Waals surface area contributed by atoms with Crippen molar-refractivity contribution < 1.29 is 0 Å². The summed E-state index contributed by atoms with van der Waals surface area (Å²) in [5, 5.41) is 0. The van der Waals surface area contributed by atoms with Gasteiger partial charge in [0.05, 0.1) is 5.70 Å². The highest BCUT2D eigenvalue weighted by Gasteiger charge is 2.05. The van der Waals surface area contributed by atoms with Crippen LogP contribution in [0.4, 0.5) is 0 Å². The van der Waals surface area contributed by atoms with Crippen molar-refractivity contribution in [3.8, 4) is 0 Å². The van der Waals surface area contributed by atoms with Gasteiger partial charge >= 0.3 is 0 Å². The molecule has 0 bridgehead atoms. The Morgan fingerprint density at radius 1 is 1.14 bits per heavy atom. The zero-order valence-electron chi connectivity index (χ0n) is 8.48. The maximum absolute atomic E-state index is 4.48. The van der Waals surface area contributed by atoms with Crippen molar-refractivity contribution in [1.82, 2.24) is 0 Å². The van der Waals surface area contributed by atoms with Crippen LogP contribution in [0.2, 0.25) is 0 Å². The molecule has 2 rings (SSSR count). The van der Waals surface area contributed by atoms with Gasteiger partial charge in [-0.3, -0.25) is 4.99 Å². The van der Waals surface area contributed by atoms with Gasteiger partial charge in [-0.15, -0.1) is 0 Å². The van der Waals surface area contributed by atoms with Gasteiger partial charge in [0.15, 0.2) is 0 Å². The van der Waals surface area contributed by atoms with Crippen LogP contribution in [-0.2, 0) is 0 Å². The van der Waals surface area contributed by atoms with Crippen LogP contribution in [-0.4, -0.2) is 6.21 Å². The molecule has 0 aliphatic carbocycles. The van der Waals surface area contributed by atoms with Crippen molar-refractivity contribution in [2.24, 2.45) is 10.9 Å². The molecule has 1 aliphatic heterocycles. The van der Waals surface area contributed by atoms with E-state index in [-0.39, 0.29) is 0 Å². The van der Waals surface area contributed by atoms with E-state index in [0.29, 0.717) is 0 Å². The van der Waals surface area contributed by atoms with E-state index in [9.17, 15) is 0 Å². The molecule has 0 aromatic heterocycles. The molecule has 0 amide bonds. The molecule has 0 N–H and O–H groups in total. The van der Waals surface area contributed by atoms with Crippen molar-refractivity contribution in [3.05, 3.63) is 42.0 Å². The minimum atomic E-state index is 0.722. The first-order chi connectivity index (χ1) is 6.86. The molecule has 0 saturated heterocycles. The standard InChI is InChI=1S/C13H15N/c1-11-7-8-13(14-10-9-11)12-5-3-2-4-6-12/h2-6,8,10-11H,7,9H2,1H3/t11-/m0/s1. The minimum Gasteiger partial charge on any atom is -0.261 e. The van der Waals surface area contributed by atoms with Crippen LogP contribution < -0.4 is 0 Å². The maximum Gasteiger partial charge on any atom is 0.0658 e. The molecule has 0 fully saturated rings. The number of hydrogen-bond acceptors (Lipinski definition) is 1. The van der Waals surface area contributed by atoms with Gasteiger partial charge in [-0.05, 0) is 24.3 Å². The first kappa shape index (κ1) is 9.20. The lowest BCUT2D eigenvalue weighted by Crippen LogP contribution is -1.90. The van der Waals surface area contributed by atoms with Crippen LogP contribution >= 0.6 is 0 Å². The van der Waals surface area contributed by atoms with E-state index < -0.39 is 0 Å². The molecule has 1 aromatic rings. The summed E-state index contributed by atoms with van der Waals surface area (Å²) in [6, 6.07) is 10.4. The zero-order chi connectivity index (χ0) is 9.80. The van der Waals surface area contributed by atoms with Gasteiger partial charge in [0.2, 0.25) is 0 Å². The Balaban J connectivity index is 2.26. The number of aliphatic imine (C=N–C) groups is 1. The Morgan fingerprint density at radius 2 is 1.93 bits per heavy atom. The third kappa shape index (κ3) is 2.11. The van der Waals surface area contributed by atoms with Gasteiger partial charge < -0.3 is 0 Å². The van der Waals surface area contributed by atoms with Gasteiger partial charge in [-0.2, -0.15) is 0 Å². The molecule has 0 radical (unpaired) electrons. The van der Waals surface area contributed by atoms with Crippen LogP contribution in [0.1, 0.15) is 25.3 Å². The lowest BCUT2D eigenvalue weighted by Gasteiger charge is -2.01. The van der Waals surface area contributed by atoms with Crippen LogP contribution in [0.5, 0.6) is 0 Å². The molecule has 1 heterocycles. The molecule has 1 aliphatic rings. The summed E-state index contributed by atoms with van der Waals surface area (Å²) in [5.41, 5.74) is 2.34. The Bertz CT molecular complexity index is 349. The number of rotatable bonds is 1. The second-order valence-corrected chi connectivity index (χ2v) is 3.84. The fourth-order valence-corrected chi connectivity index (χ4v) is 1.59. The SMILES string of the molecule is C[C@@H]1CC=NC(c2ccccc2)=CC1. The zero-order valence-corrected chi connectivity index (χ0v) is 8.48. The van der Waals surface area contributed by atoms with Crippen molar-refractivity contribution in [2.75, 3.05) is 0 Å². The minimum absolute atomic E-state index is 0.722. The van der Waals surface area contributed by atoms with Crippen LogP contribution in [0.3, 0.4) is 0 Å². The Labute approximate surface area is 85.2 Å². The lowest BCUT2D eigenvalue weighted by molar-refractivity contribution is 0.629. The predicted molar refractivity (Wildman–Crippen MR) is 61.3 cm³/mol.